The highest BCUT2D eigenvalue weighted by atomic mass is 19.1. The molecule has 0 saturated heterocycles. The van der Waals surface area contributed by atoms with E-state index in [2.05, 4.69) is 10.5 Å². The lowest BCUT2D eigenvalue weighted by Gasteiger charge is -2.05. The van der Waals surface area contributed by atoms with Crippen LogP contribution in [0, 0.1) is 5.82 Å². The molecule has 0 amide bonds. The van der Waals surface area contributed by atoms with Crippen LogP contribution in [0.4, 0.5) is 4.39 Å². The molecular weight excluding hydrogens is 275 g/mol. The first-order chi connectivity index (χ1) is 9.97. The highest BCUT2D eigenvalue weighted by Gasteiger charge is 2.10. The van der Waals surface area contributed by atoms with E-state index >= 15 is 0 Å². The summed E-state index contributed by atoms with van der Waals surface area (Å²) in [4.78, 5) is 10.9. The van der Waals surface area contributed by atoms with Crippen molar-refractivity contribution in [3.05, 3.63) is 52.7 Å². The van der Waals surface area contributed by atoms with Crippen molar-refractivity contribution in [1.82, 2.24) is 10.5 Å². The third-order valence-electron chi connectivity index (χ3n) is 3.08. The average Bonchev–Trinajstić information content (AvgIpc) is 2.89. The first-order valence-electron chi connectivity index (χ1n) is 6.65. The molecule has 0 spiro atoms. The fourth-order valence-electron chi connectivity index (χ4n) is 1.85. The zero-order valence-electron chi connectivity index (χ0n) is 11.9. The van der Waals surface area contributed by atoms with Crippen LogP contribution in [0.25, 0.3) is 0 Å². The molecule has 0 fully saturated rings. The monoisotopic (exact) mass is 292 g/mol. The Labute approximate surface area is 121 Å². The van der Waals surface area contributed by atoms with Crippen molar-refractivity contribution in [3.63, 3.8) is 0 Å². The van der Waals surface area contributed by atoms with Crippen LogP contribution in [0.2, 0.25) is 0 Å². The average molecular weight is 292 g/mol. The smallest absolute Gasteiger partial charge is 0.335 e. The van der Waals surface area contributed by atoms with Crippen molar-refractivity contribution < 1.29 is 18.8 Å². The van der Waals surface area contributed by atoms with Gasteiger partial charge in [-0.25, -0.2) is 9.18 Å². The van der Waals surface area contributed by atoms with E-state index in [1.165, 1.54) is 12.1 Å². The van der Waals surface area contributed by atoms with Crippen LogP contribution < -0.4 is 5.32 Å². The number of aromatic carboxylic acids is 1. The Morgan fingerprint density at radius 1 is 1.38 bits per heavy atom. The van der Waals surface area contributed by atoms with E-state index in [1.54, 1.807) is 0 Å². The van der Waals surface area contributed by atoms with Gasteiger partial charge in [0.25, 0.3) is 0 Å². The van der Waals surface area contributed by atoms with Crippen LogP contribution in [0.5, 0.6) is 0 Å². The second kappa shape index (κ2) is 6.49. The second-order valence-electron chi connectivity index (χ2n) is 5.09. The first kappa shape index (κ1) is 15.2. The number of hydrogen-bond donors (Lipinski definition) is 2. The van der Waals surface area contributed by atoms with Gasteiger partial charge in [0.05, 0.1) is 17.8 Å². The van der Waals surface area contributed by atoms with Crippen LogP contribution in [-0.4, -0.2) is 16.2 Å². The van der Waals surface area contributed by atoms with E-state index in [0.29, 0.717) is 17.9 Å². The molecule has 2 rings (SSSR count). The third kappa shape index (κ3) is 3.88. The Hall–Kier alpha value is -2.21. The molecule has 0 atom stereocenters. The van der Waals surface area contributed by atoms with Gasteiger partial charge in [0.1, 0.15) is 5.82 Å². The van der Waals surface area contributed by atoms with Crippen molar-refractivity contribution in [2.75, 3.05) is 0 Å². The first-order valence-corrected chi connectivity index (χ1v) is 6.65. The van der Waals surface area contributed by atoms with Crippen LogP contribution in [-0.2, 0) is 13.1 Å². The molecule has 6 heteroatoms. The van der Waals surface area contributed by atoms with Gasteiger partial charge in [-0.3, -0.25) is 0 Å². The molecule has 0 aliphatic rings. The molecule has 0 radical (unpaired) electrons. The second-order valence-corrected chi connectivity index (χ2v) is 5.09. The van der Waals surface area contributed by atoms with Gasteiger partial charge in [-0.05, 0) is 24.1 Å². The normalized spacial score (nSPS) is 11.0. The standard InChI is InChI=1S/C15H17FN2O3/c1-9(2)14-6-12(21-18-14)8-17-7-11-5-10(15(19)20)3-4-13(11)16/h3-6,9,17H,7-8H2,1-2H3,(H,19,20). The molecule has 0 unspecified atom stereocenters. The lowest BCUT2D eigenvalue weighted by molar-refractivity contribution is 0.0696. The summed E-state index contributed by atoms with van der Waals surface area (Å²) < 4.78 is 18.8. The van der Waals surface area contributed by atoms with Crippen LogP contribution in [0.15, 0.2) is 28.8 Å². The Kier molecular flexibility index (Phi) is 4.70. The number of aromatic nitrogens is 1. The van der Waals surface area contributed by atoms with E-state index in [1.807, 2.05) is 19.9 Å². The van der Waals surface area contributed by atoms with Crippen molar-refractivity contribution in [2.45, 2.75) is 32.9 Å². The fraction of sp³-hybridized carbons (Fsp3) is 0.333. The number of halogens is 1. The molecule has 0 aliphatic heterocycles. The number of nitrogens with one attached hydrogen (secondary N) is 1. The van der Waals surface area contributed by atoms with Gasteiger partial charge in [0.2, 0.25) is 0 Å². The van der Waals surface area contributed by atoms with Crippen LogP contribution >= 0.6 is 0 Å². The molecule has 0 aliphatic carbocycles. The number of rotatable bonds is 6. The van der Waals surface area contributed by atoms with E-state index < -0.39 is 11.8 Å². The Morgan fingerprint density at radius 2 is 2.14 bits per heavy atom. The minimum atomic E-state index is -1.08. The summed E-state index contributed by atoms with van der Waals surface area (Å²) >= 11 is 0. The SMILES string of the molecule is CC(C)c1cc(CNCc2cc(C(=O)O)ccc2F)on1. The van der Waals surface area contributed by atoms with Crippen molar-refractivity contribution in [2.24, 2.45) is 0 Å². The Bertz CT molecular complexity index is 638. The van der Waals surface area contributed by atoms with Gasteiger partial charge in [-0.1, -0.05) is 19.0 Å². The number of carboxylic acid groups (broad SMARTS) is 1. The van der Waals surface area contributed by atoms with E-state index in [9.17, 15) is 9.18 Å². The Morgan fingerprint density at radius 3 is 2.76 bits per heavy atom. The predicted molar refractivity (Wildman–Crippen MR) is 74.5 cm³/mol. The van der Waals surface area contributed by atoms with Gasteiger partial charge < -0.3 is 14.9 Å². The highest BCUT2D eigenvalue weighted by molar-refractivity contribution is 5.87. The molecule has 21 heavy (non-hydrogen) atoms. The summed E-state index contributed by atoms with van der Waals surface area (Å²) in [6, 6.07) is 5.57. The number of carbonyl (C=O) groups is 1. The molecule has 1 aromatic heterocycles. The molecule has 0 bridgehead atoms. The van der Waals surface area contributed by atoms with E-state index in [0.717, 1.165) is 11.8 Å². The van der Waals surface area contributed by atoms with Gasteiger partial charge >= 0.3 is 5.97 Å². The maximum absolute atomic E-state index is 13.6. The largest absolute Gasteiger partial charge is 0.478 e. The summed E-state index contributed by atoms with van der Waals surface area (Å²) in [5.41, 5.74) is 1.24. The zero-order valence-corrected chi connectivity index (χ0v) is 11.9. The van der Waals surface area contributed by atoms with Crippen LogP contribution in [0.3, 0.4) is 0 Å². The summed E-state index contributed by atoms with van der Waals surface area (Å²) in [6.45, 7) is 4.64. The van der Waals surface area contributed by atoms with Gasteiger partial charge in [0, 0.05) is 18.2 Å². The van der Waals surface area contributed by atoms with Crippen molar-refractivity contribution >= 4 is 5.97 Å². The van der Waals surface area contributed by atoms with E-state index in [-0.39, 0.29) is 18.0 Å². The van der Waals surface area contributed by atoms with Crippen LogP contribution in [0.1, 0.15) is 47.1 Å². The molecule has 112 valence electrons. The summed E-state index contributed by atoms with van der Waals surface area (Å²) in [6.07, 6.45) is 0. The third-order valence-corrected chi connectivity index (χ3v) is 3.08. The predicted octanol–water partition coefficient (Wildman–Crippen LogP) is 2.93. The molecule has 1 aromatic carbocycles. The molecule has 5 nitrogen and oxygen atoms in total. The van der Waals surface area contributed by atoms with Crippen molar-refractivity contribution in [1.29, 1.82) is 0 Å². The van der Waals surface area contributed by atoms with Gasteiger partial charge in [-0.2, -0.15) is 0 Å². The molecule has 2 aromatic rings. The lowest BCUT2D eigenvalue weighted by Crippen LogP contribution is -2.14. The topological polar surface area (TPSA) is 75.4 Å². The zero-order chi connectivity index (χ0) is 15.4. The number of hydrogen-bond acceptors (Lipinski definition) is 4. The number of benzene rings is 1. The van der Waals surface area contributed by atoms with Crippen molar-refractivity contribution in [3.8, 4) is 0 Å². The lowest BCUT2D eigenvalue weighted by atomic mass is 10.1. The minimum Gasteiger partial charge on any atom is -0.478 e. The molecule has 2 N–H and O–H groups in total. The maximum atomic E-state index is 13.6. The van der Waals surface area contributed by atoms with Gasteiger partial charge in [0.15, 0.2) is 5.76 Å². The summed E-state index contributed by atoms with van der Waals surface area (Å²) in [5.74, 6) is -0.568. The molecule has 1 heterocycles. The summed E-state index contributed by atoms with van der Waals surface area (Å²) in [7, 11) is 0. The molecule has 0 saturated carbocycles. The minimum absolute atomic E-state index is 0.0648. The van der Waals surface area contributed by atoms with Gasteiger partial charge in [-0.15, -0.1) is 0 Å². The fourth-order valence-corrected chi connectivity index (χ4v) is 1.85. The number of carboxylic acids is 1. The maximum Gasteiger partial charge on any atom is 0.335 e. The Balaban J connectivity index is 1.96. The quantitative estimate of drug-likeness (QED) is 0.856. The molecular formula is C15H17FN2O3. The summed E-state index contributed by atoms with van der Waals surface area (Å²) in [5, 5.41) is 15.8. The number of nitrogens with zero attached hydrogens (tertiary/aromatic N) is 1. The van der Waals surface area contributed by atoms with E-state index in [4.69, 9.17) is 9.63 Å². The highest BCUT2D eigenvalue weighted by Crippen LogP contribution is 2.14.